The minimum Gasteiger partial charge on any atom is -0.348 e. The van der Waals surface area contributed by atoms with Gasteiger partial charge in [0.2, 0.25) is 0 Å². The first-order valence-corrected chi connectivity index (χ1v) is 7.73. The van der Waals surface area contributed by atoms with E-state index in [1.54, 1.807) is 0 Å². The van der Waals surface area contributed by atoms with Crippen molar-refractivity contribution in [2.75, 3.05) is 11.4 Å². The molecule has 0 saturated carbocycles. The lowest BCUT2D eigenvalue weighted by molar-refractivity contribution is 0.675. The molecule has 22 heavy (non-hydrogen) atoms. The van der Waals surface area contributed by atoms with Crippen molar-refractivity contribution in [2.45, 2.75) is 32.7 Å². The van der Waals surface area contributed by atoms with Gasteiger partial charge in [-0.1, -0.05) is 6.07 Å². The van der Waals surface area contributed by atoms with Crippen LogP contribution in [-0.2, 0) is 0 Å². The van der Waals surface area contributed by atoms with E-state index < -0.39 is 0 Å². The van der Waals surface area contributed by atoms with Gasteiger partial charge in [0.1, 0.15) is 17.3 Å². The molecule has 3 aromatic heterocycles. The van der Waals surface area contributed by atoms with E-state index in [4.69, 9.17) is 0 Å². The second kappa shape index (κ2) is 5.09. The molecule has 0 N–H and O–H groups in total. The molecular weight excluding hydrogens is 274 g/mol. The standard InChI is InChI=1S/C17H19N5/c1-12-11-22-15(5-3-7-16(22)19-12)14-6-4-10-21(14)17-8-9-18-13(2)20-17/h3,5,7-9,11,14H,4,6,10H2,1-2H3/t14-/m1/s1. The highest BCUT2D eigenvalue weighted by atomic mass is 15.2. The van der Waals surface area contributed by atoms with Crippen LogP contribution < -0.4 is 4.90 Å². The predicted molar refractivity (Wildman–Crippen MR) is 86.0 cm³/mol. The van der Waals surface area contributed by atoms with E-state index in [0.717, 1.165) is 35.9 Å². The Labute approximate surface area is 129 Å². The molecule has 0 spiro atoms. The number of imidazole rings is 1. The number of rotatable bonds is 2. The molecule has 5 nitrogen and oxygen atoms in total. The topological polar surface area (TPSA) is 46.3 Å². The number of aryl methyl sites for hydroxylation is 2. The van der Waals surface area contributed by atoms with Crippen LogP contribution in [-0.4, -0.2) is 25.9 Å². The van der Waals surface area contributed by atoms with Crippen LogP contribution in [0, 0.1) is 13.8 Å². The first kappa shape index (κ1) is 13.2. The fourth-order valence-corrected chi connectivity index (χ4v) is 3.38. The van der Waals surface area contributed by atoms with Crippen molar-refractivity contribution in [2.24, 2.45) is 0 Å². The Bertz CT molecular complexity index is 823. The molecule has 1 aliphatic heterocycles. The van der Waals surface area contributed by atoms with Crippen molar-refractivity contribution >= 4 is 11.5 Å². The summed E-state index contributed by atoms with van der Waals surface area (Å²) in [4.78, 5) is 15.8. The minimum absolute atomic E-state index is 0.339. The third-order valence-electron chi connectivity index (χ3n) is 4.29. The third kappa shape index (κ3) is 2.13. The molecule has 5 heteroatoms. The summed E-state index contributed by atoms with van der Waals surface area (Å²) in [5, 5.41) is 0. The molecule has 0 bridgehead atoms. The van der Waals surface area contributed by atoms with Crippen molar-refractivity contribution in [1.29, 1.82) is 0 Å². The molecule has 112 valence electrons. The predicted octanol–water partition coefficient (Wildman–Crippen LogP) is 3.08. The summed E-state index contributed by atoms with van der Waals surface area (Å²) >= 11 is 0. The zero-order valence-corrected chi connectivity index (χ0v) is 12.9. The zero-order chi connectivity index (χ0) is 15.1. The number of aromatic nitrogens is 4. The highest BCUT2D eigenvalue weighted by Gasteiger charge is 2.29. The van der Waals surface area contributed by atoms with Crippen LogP contribution in [0.25, 0.3) is 5.65 Å². The third-order valence-corrected chi connectivity index (χ3v) is 4.29. The molecule has 1 atom stereocenters. The average molecular weight is 293 g/mol. The van der Waals surface area contributed by atoms with Gasteiger partial charge in [-0.3, -0.25) is 0 Å². The first-order valence-electron chi connectivity index (χ1n) is 7.73. The van der Waals surface area contributed by atoms with Gasteiger partial charge in [-0.15, -0.1) is 0 Å². The van der Waals surface area contributed by atoms with Gasteiger partial charge in [0.25, 0.3) is 0 Å². The normalized spacial score (nSPS) is 18.3. The quantitative estimate of drug-likeness (QED) is 0.728. The molecule has 4 rings (SSSR count). The van der Waals surface area contributed by atoms with Crippen LogP contribution in [0.5, 0.6) is 0 Å². The lowest BCUT2D eigenvalue weighted by Gasteiger charge is -2.26. The summed E-state index contributed by atoms with van der Waals surface area (Å²) in [5.41, 5.74) is 3.35. The Morgan fingerprint density at radius 3 is 2.91 bits per heavy atom. The Kier molecular flexibility index (Phi) is 3.06. The Morgan fingerprint density at radius 1 is 1.14 bits per heavy atom. The van der Waals surface area contributed by atoms with E-state index >= 15 is 0 Å². The average Bonchev–Trinajstić information content (AvgIpc) is 3.11. The molecule has 1 fully saturated rings. The van der Waals surface area contributed by atoms with Crippen LogP contribution in [0.3, 0.4) is 0 Å². The lowest BCUT2D eigenvalue weighted by atomic mass is 10.1. The summed E-state index contributed by atoms with van der Waals surface area (Å²) in [7, 11) is 0. The fraction of sp³-hybridized carbons (Fsp3) is 0.353. The van der Waals surface area contributed by atoms with E-state index in [1.165, 1.54) is 12.1 Å². The van der Waals surface area contributed by atoms with Gasteiger partial charge in [0.05, 0.1) is 11.7 Å². The van der Waals surface area contributed by atoms with Crippen LogP contribution in [0.15, 0.2) is 36.7 Å². The fourth-order valence-electron chi connectivity index (χ4n) is 3.38. The van der Waals surface area contributed by atoms with Crippen LogP contribution in [0.1, 0.15) is 36.1 Å². The van der Waals surface area contributed by atoms with E-state index in [2.05, 4.69) is 48.6 Å². The highest BCUT2D eigenvalue weighted by Crippen LogP contribution is 2.35. The van der Waals surface area contributed by atoms with Gasteiger partial charge >= 0.3 is 0 Å². The van der Waals surface area contributed by atoms with Crippen molar-refractivity contribution in [3.63, 3.8) is 0 Å². The SMILES string of the molecule is Cc1cn2c([C@H]3CCCN3c3ccnc(C)n3)cccc2n1. The van der Waals surface area contributed by atoms with E-state index in [-0.39, 0.29) is 0 Å². The maximum atomic E-state index is 4.61. The van der Waals surface area contributed by atoms with Gasteiger partial charge in [-0.2, -0.15) is 0 Å². The molecule has 3 aromatic rings. The maximum absolute atomic E-state index is 4.61. The summed E-state index contributed by atoms with van der Waals surface area (Å²) in [6.45, 7) is 5.01. The molecule has 1 saturated heterocycles. The van der Waals surface area contributed by atoms with Gasteiger partial charge in [0.15, 0.2) is 0 Å². The Hall–Kier alpha value is -2.43. The lowest BCUT2D eigenvalue weighted by Crippen LogP contribution is -2.25. The number of anilines is 1. The monoisotopic (exact) mass is 293 g/mol. The summed E-state index contributed by atoms with van der Waals surface area (Å²) in [6.07, 6.45) is 6.28. The van der Waals surface area contributed by atoms with Gasteiger partial charge in [-0.05, 0) is 44.9 Å². The smallest absolute Gasteiger partial charge is 0.137 e. The molecule has 0 aliphatic carbocycles. The van der Waals surface area contributed by atoms with E-state index in [1.807, 2.05) is 26.1 Å². The van der Waals surface area contributed by atoms with Crippen molar-refractivity contribution in [3.05, 3.63) is 53.9 Å². The Morgan fingerprint density at radius 2 is 2.05 bits per heavy atom. The minimum atomic E-state index is 0.339. The maximum Gasteiger partial charge on any atom is 0.137 e. The van der Waals surface area contributed by atoms with Crippen molar-refractivity contribution in [3.8, 4) is 0 Å². The largest absolute Gasteiger partial charge is 0.348 e. The van der Waals surface area contributed by atoms with Crippen LogP contribution >= 0.6 is 0 Å². The van der Waals surface area contributed by atoms with E-state index in [0.29, 0.717) is 6.04 Å². The molecule has 1 aliphatic rings. The van der Waals surface area contributed by atoms with Crippen LogP contribution in [0.2, 0.25) is 0 Å². The second-order valence-corrected chi connectivity index (χ2v) is 5.87. The number of hydrogen-bond acceptors (Lipinski definition) is 4. The van der Waals surface area contributed by atoms with Crippen molar-refractivity contribution in [1.82, 2.24) is 19.4 Å². The second-order valence-electron chi connectivity index (χ2n) is 5.87. The van der Waals surface area contributed by atoms with Crippen molar-refractivity contribution < 1.29 is 0 Å². The molecule has 0 aromatic carbocycles. The number of nitrogens with zero attached hydrogens (tertiary/aromatic N) is 5. The first-order chi connectivity index (χ1) is 10.7. The zero-order valence-electron chi connectivity index (χ0n) is 12.9. The number of hydrogen-bond donors (Lipinski definition) is 0. The number of fused-ring (bicyclic) bond motifs is 1. The van der Waals surface area contributed by atoms with Gasteiger partial charge in [-0.25, -0.2) is 15.0 Å². The highest BCUT2D eigenvalue weighted by molar-refractivity contribution is 5.47. The summed E-state index contributed by atoms with van der Waals surface area (Å²) in [5.74, 6) is 1.84. The van der Waals surface area contributed by atoms with Gasteiger partial charge in [0, 0.05) is 24.6 Å². The summed E-state index contributed by atoms with van der Waals surface area (Å²) in [6, 6.07) is 8.70. The molecule has 0 unspecified atom stereocenters. The molecule has 4 heterocycles. The Balaban J connectivity index is 1.80. The van der Waals surface area contributed by atoms with Crippen LogP contribution in [0.4, 0.5) is 5.82 Å². The molecule has 0 amide bonds. The summed E-state index contributed by atoms with van der Waals surface area (Å²) < 4.78 is 2.21. The molecule has 0 radical (unpaired) electrons. The molecular formula is C17H19N5. The van der Waals surface area contributed by atoms with E-state index in [9.17, 15) is 0 Å². The number of pyridine rings is 1. The van der Waals surface area contributed by atoms with Gasteiger partial charge < -0.3 is 9.30 Å².